The Kier molecular flexibility index (Phi) is 17.1. The van der Waals surface area contributed by atoms with Crippen molar-refractivity contribution in [2.75, 3.05) is 113 Å². The van der Waals surface area contributed by atoms with Crippen LogP contribution in [0.5, 0.6) is 11.5 Å². The smallest absolute Gasteiger partial charge is 0.241 e. The number of pyridine rings is 1. The highest BCUT2D eigenvalue weighted by Crippen LogP contribution is 2.41. The van der Waals surface area contributed by atoms with Gasteiger partial charge in [0.25, 0.3) is 0 Å². The molecule has 0 spiro atoms. The molecule has 0 radical (unpaired) electrons. The molecule has 21 nitrogen and oxygen atoms in total. The summed E-state index contributed by atoms with van der Waals surface area (Å²) in [6, 6.07) is 11.7. The third-order valence-electron chi connectivity index (χ3n) is 16.5. The summed E-state index contributed by atoms with van der Waals surface area (Å²) in [5.41, 5.74) is 5.77. The van der Waals surface area contributed by atoms with Crippen molar-refractivity contribution in [2.45, 2.75) is 108 Å². The number of fused-ring (bicyclic) bond motifs is 2. The number of carbonyl (C=O) groups excluding carboxylic acids is 2. The SMILES string of the molecule is Cc1[nH]nc(Nc2ncnc3cc(OCCCN4CCN(c5ncc(OCCN6CCN(C[C@H]7CN[C@H](C)CN7CC(=O)N7CC(C)(C)c8ncc(Cc9ccc(F)cc9)cc87)C(C)C6=O)cn5)CC4)c(S(=O)(=O)C(C)(C)C)cc23)c1C. The molecule has 1 unspecified atom stereocenters. The van der Waals surface area contributed by atoms with Gasteiger partial charge in [-0.1, -0.05) is 26.0 Å². The van der Waals surface area contributed by atoms with E-state index in [1.807, 2.05) is 36.8 Å². The molecule has 0 aliphatic carbocycles. The molecule has 8 heterocycles. The second-order valence-corrected chi connectivity index (χ2v) is 26.6. The fourth-order valence-electron chi connectivity index (χ4n) is 11.3. The lowest BCUT2D eigenvalue weighted by atomic mass is 9.91. The second-order valence-electron chi connectivity index (χ2n) is 24.0. The van der Waals surface area contributed by atoms with Crippen LogP contribution in [0.15, 0.2) is 72.3 Å². The van der Waals surface area contributed by atoms with Crippen molar-refractivity contribution in [1.82, 2.24) is 60.0 Å². The van der Waals surface area contributed by atoms with Crippen molar-refractivity contribution in [2.24, 2.45) is 0 Å². The van der Waals surface area contributed by atoms with Gasteiger partial charge in [-0.3, -0.25) is 34.4 Å². The molecule has 3 fully saturated rings. The standard InChI is InChI=1S/C59H78FN15O6S/c1-38-33-74(35-52(76)75-36-59(8,9)53-49(75)26-43(29-62-53)25-42-11-13-44(60)14-12-42)45(30-61-38)34-73-21-20-71(56(77)41(73)4)22-24-80-46-31-63-57(64-32-46)72-18-16-70(17-19-72)15-10-23-81-50-28-48-47(27-51(50)82(78,79)58(5,6)7)55(66-37-65-48)67-54-39(2)40(3)68-69-54/h11-14,26-29,31-32,37-38,41,45,61H,10,15-25,30,33-36H2,1-9H3,(H2,65,66,67,68,69)/t38-,41?,45-/m1/s1. The molecule has 3 atom stereocenters. The number of halogens is 1. The first-order valence-corrected chi connectivity index (χ1v) is 30.0. The molecule has 3 saturated heterocycles. The van der Waals surface area contributed by atoms with E-state index < -0.39 is 14.6 Å². The molecule has 0 bridgehead atoms. The molecule has 23 heteroatoms. The van der Waals surface area contributed by atoms with Crippen LogP contribution in [0.1, 0.15) is 83.0 Å². The molecule has 10 rings (SSSR count). The van der Waals surface area contributed by atoms with Crippen molar-refractivity contribution in [1.29, 1.82) is 0 Å². The summed E-state index contributed by atoms with van der Waals surface area (Å²) in [6.45, 7) is 26.3. The topological polar surface area (TPSA) is 223 Å². The van der Waals surface area contributed by atoms with Gasteiger partial charge in [-0.25, -0.2) is 32.7 Å². The van der Waals surface area contributed by atoms with Crippen LogP contribution >= 0.6 is 0 Å². The third-order valence-corrected chi connectivity index (χ3v) is 19.0. The van der Waals surface area contributed by atoms with Crippen LogP contribution in [0.3, 0.4) is 0 Å². The highest BCUT2D eigenvalue weighted by atomic mass is 32.2. The van der Waals surface area contributed by atoms with Gasteiger partial charge < -0.3 is 34.8 Å². The van der Waals surface area contributed by atoms with E-state index in [2.05, 4.69) is 87.2 Å². The highest BCUT2D eigenvalue weighted by molar-refractivity contribution is 7.92. The van der Waals surface area contributed by atoms with Crippen LogP contribution in [0.2, 0.25) is 0 Å². The predicted molar refractivity (Wildman–Crippen MR) is 313 cm³/mol. The summed E-state index contributed by atoms with van der Waals surface area (Å²) < 4.78 is 52.8. The number of benzene rings is 2. The number of nitrogens with zero attached hydrogens (tertiary/aromatic N) is 12. The van der Waals surface area contributed by atoms with Crippen molar-refractivity contribution in [3.8, 4) is 11.5 Å². The van der Waals surface area contributed by atoms with Gasteiger partial charge in [-0.05, 0) is 96.7 Å². The lowest BCUT2D eigenvalue weighted by molar-refractivity contribution is -0.142. The van der Waals surface area contributed by atoms with Gasteiger partial charge in [-0.2, -0.15) is 5.10 Å². The van der Waals surface area contributed by atoms with Gasteiger partial charge >= 0.3 is 0 Å². The monoisotopic (exact) mass is 1140 g/mol. The Labute approximate surface area is 480 Å². The molecule has 4 aliphatic heterocycles. The number of piperazine rings is 3. The first kappa shape index (κ1) is 58.3. The van der Waals surface area contributed by atoms with Gasteiger partial charge in [0.15, 0.2) is 21.4 Å². The molecule has 2 aromatic carbocycles. The molecule has 82 heavy (non-hydrogen) atoms. The minimum atomic E-state index is -3.82. The lowest BCUT2D eigenvalue weighted by Crippen LogP contribution is -2.64. The van der Waals surface area contributed by atoms with E-state index in [1.54, 1.807) is 57.4 Å². The zero-order valence-corrected chi connectivity index (χ0v) is 49.5. The second kappa shape index (κ2) is 24.1. The number of amides is 2. The van der Waals surface area contributed by atoms with Crippen LogP contribution in [0, 0.1) is 19.7 Å². The number of rotatable bonds is 19. The Morgan fingerprint density at radius 2 is 1.62 bits per heavy atom. The minimum absolute atomic E-state index is 0.0281. The molecule has 4 aromatic heterocycles. The van der Waals surface area contributed by atoms with Crippen LogP contribution in [0.25, 0.3) is 10.9 Å². The van der Waals surface area contributed by atoms with Gasteiger partial charge in [-0.15, -0.1) is 0 Å². The van der Waals surface area contributed by atoms with E-state index in [-0.39, 0.29) is 58.4 Å². The van der Waals surface area contributed by atoms with Crippen molar-refractivity contribution >= 4 is 55.8 Å². The number of aromatic nitrogens is 7. The Morgan fingerprint density at radius 1 is 0.866 bits per heavy atom. The van der Waals surface area contributed by atoms with Crippen LogP contribution in [-0.2, 0) is 31.3 Å². The maximum Gasteiger partial charge on any atom is 0.241 e. The number of hydrogen-bond acceptors (Lipinski definition) is 18. The van der Waals surface area contributed by atoms with E-state index in [1.165, 1.54) is 18.5 Å². The van der Waals surface area contributed by atoms with Gasteiger partial charge in [0, 0.05) is 118 Å². The number of aromatic amines is 1. The minimum Gasteiger partial charge on any atom is -0.492 e. The maximum atomic E-state index is 14.3. The molecule has 2 amide bonds. The average Bonchev–Trinajstić information content (AvgIpc) is 4.11. The van der Waals surface area contributed by atoms with E-state index in [9.17, 15) is 22.4 Å². The molecular weight excluding hydrogens is 1070 g/mol. The summed E-state index contributed by atoms with van der Waals surface area (Å²) >= 11 is 0. The first-order chi connectivity index (χ1) is 39.1. The number of sulfone groups is 1. The molecule has 0 saturated carbocycles. The average molecular weight is 1140 g/mol. The maximum absolute atomic E-state index is 14.3. The van der Waals surface area contributed by atoms with Crippen molar-refractivity contribution < 1.29 is 31.9 Å². The van der Waals surface area contributed by atoms with Gasteiger partial charge in [0.05, 0.1) is 59.8 Å². The fraction of sp³-hybridized carbons (Fsp3) is 0.525. The number of H-pyrrole nitrogens is 1. The number of anilines is 4. The Bertz CT molecular complexity index is 3370. The molecule has 6 aromatic rings. The third kappa shape index (κ3) is 12.8. The number of carbonyl (C=O) groups is 2. The number of nitrogens with one attached hydrogen (secondary N) is 3. The molecular formula is C59H78FN15O6S. The van der Waals surface area contributed by atoms with Crippen LogP contribution < -0.4 is 29.9 Å². The van der Waals surface area contributed by atoms with Gasteiger partial charge in [0.2, 0.25) is 17.8 Å². The number of hydrogen-bond donors (Lipinski definition) is 3. The first-order valence-electron chi connectivity index (χ1n) is 28.5. The highest BCUT2D eigenvalue weighted by Gasteiger charge is 2.42. The summed E-state index contributed by atoms with van der Waals surface area (Å²) in [7, 11) is -3.82. The Balaban J connectivity index is 0.663. The van der Waals surface area contributed by atoms with Crippen LogP contribution in [0.4, 0.5) is 27.7 Å². The van der Waals surface area contributed by atoms with E-state index >= 15 is 0 Å². The zero-order chi connectivity index (χ0) is 58.1. The quantitative estimate of drug-likeness (QED) is 0.0829. The van der Waals surface area contributed by atoms with Crippen molar-refractivity contribution in [3.05, 3.63) is 101 Å². The zero-order valence-electron chi connectivity index (χ0n) is 48.7. The van der Waals surface area contributed by atoms with Crippen LogP contribution in [-0.4, -0.2) is 196 Å². The molecule has 4 aliphatic rings. The van der Waals surface area contributed by atoms with E-state index in [0.717, 1.165) is 66.5 Å². The van der Waals surface area contributed by atoms with E-state index in [4.69, 9.17) is 14.5 Å². The van der Waals surface area contributed by atoms with Gasteiger partial charge in [0.1, 0.15) is 35.2 Å². The summed E-state index contributed by atoms with van der Waals surface area (Å²) in [6.07, 6.45) is 7.94. The predicted octanol–water partition coefficient (Wildman–Crippen LogP) is 5.69. The lowest BCUT2D eigenvalue weighted by Gasteiger charge is -2.45. The normalized spacial score (nSPS) is 20.1. The Hall–Kier alpha value is -6.92. The largest absolute Gasteiger partial charge is 0.492 e. The molecule has 3 N–H and O–H groups in total. The fourth-order valence-corrected chi connectivity index (χ4v) is 12.6. The van der Waals surface area contributed by atoms with E-state index in [0.29, 0.717) is 106 Å². The Morgan fingerprint density at radius 3 is 2.34 bits per heavy atom. The number of aryl methyl sites for hydroxylation is 1. The molecule has 438 valence electrons. The summed E-state index contributed by atoms with van der Waals surface area (Å²) in [5, 5.41) is 14.7. The summed E-state index contributed by atoms with van der Waals surface area (Å²) in [5.74, 6) is 2.27. The van der Waals surface area contributed by atoms with Crippen molar-refractivity contribution in [3.63, 3.8) is 0 Å². The number of ether oxygens (including phenoxy) is 2. The summed E-state index contributed by atoms with van der Waals surface area (Å²) in [4.78, 5) is 64.0.